The Morgan fingerprint density at radius 3 is 3.05 bits per heavy atom. The molecule has 2 heterocycles. The van der Waals surface area contributed by atoms with Gasteiger partial charge in [-0.2, -0.15) is 0 Å². The lowest BCUT2D eigenvalue weighted by Gasteiger charge is -2.13. The van der Waals surface area contributed by atoms with Crippen LogP contribution in [0.4, 0.5) is 5.82 Å². The number of aromatic nitrogens is 4. The number of carbonyl (C=O) groups is 1. The summed E-state index contributed by atoms with van der Waals surface area (Å²) in [6.45, 7) is 1.40. The predicted octanol–water partition coefficient (Wildman–Crippen LogP) is 0.841. The van der Waals surface area contributed by atoms with Gasteiger partial charge in [0.1, 0.15) is 17.9 Å². The number of hydrogen-bond donors (Lipinski definition) is 1. The first-order valence-electron chi connectivity index (χ1n) is 5.93. The first-order chi connectivity index (χ1) is 9.15. The Labute approximate surface area is 109 Å². The first kappa shape index (κ1) is 11.6. The van der Waals surface area contributed by atoms with Crippen molar-refractivity contribution in [3.63, 3.8) is 0 Å². The summed E-state index contributed by atoms with van der Waals surface area (Å²) < 4.78 is 7.07. The van der Waals surface area contributed by atoms with E-state index < -0.39 is 0 Å². The van der Waals surface area contributed by atoms with Gasteiger partial charge in [0.05, 0.1) is 12.4 Å². The number of esters is 1. The molecule has 7 nitrogen and oxygen atoms in total. The number of ether oxygens (including phenoxy) is 1. The second-order valence-corrected chi connectivity index (χ2v) is 4.42. The lowest BCUT2D eigenvalue weighted by molar-refractivity contribution is -0.144. The van der Waals surface area contributed by atoms with Gasteiger partial charge < -0.3 is 15.0 Å². The van der Waals surface area contributed by atoms with Crippen molar-refractivity contribution in [2.75, 3.05) is 5.73 Å². The molecule has 98 valence electrons. The van der Waals surface area contributed by atoms with E-state index >= 15 is 0 Å². The highest BCUT2D eigenvalue weighted by molar-refractivity contribution is 5.81. The van der Waals surface area contributed by atoms with Crippen molar-refractivity contribution in [1.29, 1.82) is 0 Å². The number of nitrogen functional groups attached to an aromatic ring is 1. The zero-order chi connectivity index (χ0) is 13.4. The molecule has 0 bridgehead atoms. The average Bonchev–Trinajstić information content (AvgIpc) is 2.95. The molecule has 1 aliphatic rings. The van der Waals surface area contributed by atoms with Crippen LogP contribution in [0.2, 0.25) is 0 Å². The normalized spacial score (nSPS) is 21.9. The number of nitrogens with zero attached hydrogens (tertiary/aromatic N) is 4. The Morgan fingerprint density at radius 1 is 1.42 bits per heavy atom. The molecule has 2 N–H and O–H groups in total. The number of fused-ring (bicyclic) bond motifs is 1. The van der Waals surface area contributed by atoms with E-state index in [1.807, 2.05) is 16.7 Å². The lowest BCUT2D eigenvalue weighted by atomic mass is 10.2. The van der Waals surface area contributed by atoms with Crippen LogP contribution in [0.3, 0.4) is 0 Å². The molecule has 0 saturated carbocycles. The highest BCUT2D eigenvalue weighted by Gasteiger charge is 2.24. The van der Waals surface area contributed by atoms with Gasteiger partial charge in [-0.1, -0.05) is 6.08 Å². The second kappa shape index (κ2) is 4.34. The van der Waals surface area contributed by atoms with Crippen LogP contribution in [0.1, 0.15) is 19.4 Å². The molecule has 1 aliphatic carbocycles. The van der Waals surface area contributed by atoms with Crippen LogP contribution >= 0.6 is 0 Å². The molecule has 0 radical (unpaired) electrons. The van der Waals surface area contributed by atoms with E-state index in [0.717, 1.165) is 0 Å². The summed E-state index contributed by atoms with van der Waals surface area (Å²) in [5.74, 6) is 0.0830. The van der Waals surface area contributed by atoms with Crippen molar-refractivity contribution in [2.45, 2.75) is 25.5 Å². The Kier molecular flexibility index (Phi) is 2.66. The number of anilines is 1. The zero-order valence-electron chi connectivity index (χ0n) is 10.4. The fraction of sp³-hybridized carbons (Fsp3) is 0.333. The molecular weight excluding hydrogens is 246 g/mol. The van der Waals surface area contributed by atoms with E-state index in [1.54, 1.807) is 6.33 Å². The number of carbonyl (C=O) groups excluding carboxylic acids is 1. The smallest absolute Gasteiger partial charge is 0.303 e. The van der Waals surface area contributed by atoms with Crippen LogP contribution in [0.15, 0.2) is 24.8 Å². The molecular formula is C12H13N5O2. The van der Waals surface area contributed by atoms with E-state index in [1.165, 1.54) is 13.3 Å². The molecule has 3 rings (SSSR count). The summed E-state index contributed by atoms with van der Waals surface area (Å²) in [6.07, 6.45) is 7.43. The third-order valence-electron chi connectivity index (χ3n) is 3.08. The molecule has 19 heavy (non-hydrogen) atoms. The fourth-order valence-corrected chi connectivity index (χ4v) is 2.27. The Balaban J connectivity index is 1.89. The molecule has 2 atom stereocenters. The minimum absolute atomic E-state index is 0.0589. The van der Waals surface area contributed by atoms with Crippen molar-refractivity contribution in [1.82, 2.24) is 19.5 Å². The third kappa shape index (κ3) is 2.03. The minimum atomic E-state index is -0.280. The van der Waals surface area contributed by atoms with E-state index in [0.29, 0.717) is 23.4 Å². The summed E-state index contributed by atoms with van der Waals surface area (Å²) in [5, 5.41) is 0. The van der Waals surface area contributed by atoms with Crippen LogP contribution in [-0.4, -0.2) is 31.6 Å². The highest BCUT2D eigenvalue weighted by atomic mass is 16.5. The quantitative estimate of drug-likeness (QED) is 0.634. The first-order valence-corrected chi connectivity index (χ1v) is 5.93. The van der Waals surface area contributed by atoms with Crippen LogP contribution in [0.5, 0.6) is 0 Å². The Morgan fingerprint density at radius 2 is 2.26 bits per heavy atom. The van der Waals surface area contributed by atoms with Gasteiger partial charge in [-0.15, -0.1) is 0 Å². The summed E-state index contributed by atoms with van der Waals surface area (Å²) >= 11 is 0. The van der Waals surface area contributed by atoms with Gasteiger partial charge in [0.25, 0.3) is 0 Å². The number of hydrogen-bond acceptors (Lipinski definition) is 6. The molecule has 7 heteroatoms. The molecule has 0 amide bonds. The standard InChI is InChI=1S/C12H13N5O2/c1-7(18)19-9-3-2-8(4-9)17-6-16-10-11(13)14-5-15-12(10)17/h2-3,5-6,8-9H,4H2,1H3,(H2,13,14,15)/t8-,9+/m1/s1. The van der Waals surface area contributed by atoms with Gasteiger partial charge >= 0.3 is 5.97 Å². The monoisotopic (exact) mass is 259 g/mol. The molecule has 0 fully saturated rings. The minimum Gasteiger partial charge on any atom is -0.458 e. The van der Waals surface area contributed by atoms with Gasteiger partial charge in [-0.25, -0.2) is 15.0 Å². The third-order valence-corrected chi connectivity index (χ3v) is 3.08. The van der Waals surface area contributed by atoms with Crippen molar-refractivity contribution < 1.29 is 9.53 Å². The second-order valence-electron chi connectivity index (χ2n) is 4.42. The van der Waals surface area contributed by atoms with Crippen molar-refractivity contribution in [3.05, 3.63) is 24.8 Å². The Bertz CT molecular complexity index is 663. The number of nitrogens with two attached hydrogens (primary N) is 1. The van der Waals surface area contributed by atoms with Gasteiger partial charge in [-0.3, -0.25) is 4.79 Å². The van der Waals surface area contributed by atoms with Crippen molar-refractivity contribution in [3.8, 4) is 0 Å². The largest absolute Gasteiger partial charge is 0.458 e. The molecule has 0 aromatic carbocycles. The summed E-state index contributed by atoms with van der Waals surface area (Å²) in [6, 6.07) is 0.0589. The summed E-state index contributed by atoms with van der Waals surface area (Å²) in [5.41, 5.74) is 7.02. The zero-order valence-corrected chi connectivity index (χ0v) is 10.4. The van der Waals surface area contributed by atoms with E-state index in [-0.39, 0.29) is 18.1 Å². The molecule has 0 spiro atoms. The highest BCUT2D eigenvalue weighted by Crippen LogP contribution is 2.28. The van der Waals surface area contributed by atoms with Gasteiger partial charge in [0, 0.05) is 13.3 Å². The SMILES string of the molecule is CC(=O)O[C@H]1C=C[C@@H](n2cnc3c(N)ncnc32)C1. The van der Waals surface area contributed by atoms with Gasteiger partial charge in [0.2, 0.25) is 0 Å². The molecule has 2 aromatic rings. The lowest BCUT2D eigenvalue weighted by Crippen LogP contribution is -2.14. The van der Waals surface area contributed by atoms with Crippen LogP contribution in [-0.2, 0) is 9.53 Å². The molecule has 0 saturated heterocycles. The maximum absolute atomic E-state index is 10.9. The fourth-order valence-electron chi connectivity index (χ4n) is 2.27. The maximum atomic E-state index is 10.9. The van der Waals surface area contributed by atoms with Crippen molar-refractivity contribution >= 4 is 23.0 Å². The number of allylic oxidation sites excluding steroid dienone is 1. The number of rotatable bonds is 2. The van der Waals surface area contributed by atoms with Gasteiger partial charge in [-0.05, 0) is 6.08 Å². The summed E-state index contributed by atoms with van der Waals surface area (Å²) in [4.78, 5) is 23.3. The van der Waals surface area contributed by atoms with Gasteiger partial charge in [0.15, 0.2) is 11.5 Å². The topological polar surface area (TPSA) is 95.9 Å². The summed E-state index contributed by atoms with van der Waals surface area (Å²) in [7, 11) is 0. The van der Waals surface area contributed by atoms with Crippen LogP contribution < -0.4 is 5.73 Å². The maximum Gasteiger partial charge on any atom is 0.303 e. The van der Waals surface area contributed by atoms with E-state index in [2.05, 4.69) is 15.0 Å². The van der Waals surface area contributed by atoms with Crippen molar-refractivity contribution in [2.24, 2.45) is 0 Å². The predicted molar refractivity (Wildman–Crippen MR) is 68.1 cm³/mol. The van der Waals surface area contributed by atoms with Crippen LogP contribution in [0.25, 0.3) is 11.2 Å². The van der Waals surface area contributed by atoms with E-state index in [4.69, 9.17) is 10.5 Å². The van der Waals surface area contributed by atoms with E-state index in [9.17, 15) is 4.79 Å². The average molecular weight is 259 g/mol. The van der Waals surface area contributed by atoms with Crippen LogP contribution in [0, 0.1) is 0 Å². The number of imidazole rings is 1. The molecule has 0 aliphatic heterocycles. The molecule has 2 aromatic heterocycles. The molecule has 0 unspecified atom stereocenters. The Hall–Kier alpha value is -2.44.